The quantitative estimate of drug-likeness (QED) is 0.759. The minimum absolute atomic E-state index is 0.0486. The van der Waals surface area contributed by atoms with Gasteiger partial charge in [-0.2, -0.15) is 0 Å². The smallest absolute Gasteiger partial charge is 0.237 e. The molecule has 1 aromatic carbocycles. The lowest BCUT2D eigenvalue weighted by Gasteiger charge is -2.20. The number of nitrogens with two attached hydrogens (primary N) is 1. The molecule has 0 aliphatic carbocycles. The molecule has 1 aromatic rings. The van der Waals surface area contributed by atoms with Crippen LogP contribution in [0.1, 0.15) is 25.8 Å². The number of benzene rings is 1. The molecule has 0 radical (unpaired) electrons. The Morgan fingerprint density at radius 3 is 2.60 bits per heavy atom. The third kappa shape index (κ3) is 5.72. The highest BCUT2D eigenvalue weighted by Gasteiger charge is 2.18. The molecule has 0 saturated carbocycles. The van der Waals surface area contributed by atoms with E-state index in [2.05, 4.69) is 22.3 Å². The van der Waals surface area contributed by atoms with Crippen LogP contribution >= 0.6 is 0 Å². The van der Waals surface area contributed by atoms with Gasteiger partial charge >= 0.3 is 0 Å². The van der Waals surface area contributed by atoms with Crippen LogP contribution < -0.4 is 11.1 Å². The first-order valence-corrected chi connectivity index (χ1v) is 7.30. The van der Waals surface area contributed by atoms with Gasteiger partial charge in [-0.15, -0.1) is 0 Å². The molecule has 4 nitrogen and oxygen atoms in total. The second kappa shape index (κ2) is 8.72. The number of hydrogen-bond donors (Lipinski definition) is 2. The fraction of sp³-hybridized carbons (Fsp3) is 0.562. The molecule has 2 atom stereocenters. The summed E-state index contributed by atoms with van der Waals surface area (Å²) in [5, 5.41) is 2.91. The van der Waals surface area contributed by atoms with Gasteiger partial charge in [0.1, 0.15) is 0 Å². The van der Waals surface area contributed by atoms with Crippen LogP contribution in [0, 0.1) is 5.92 Å². The Hall–Kier alpha value is -1.39. The Balaban J connectivity index is 2.25. The average Bonchev–Trinajstić information content (AvgIpc) is 2.46. The van der Waals surface area contributed by atoms with E-state index in [1.54, 1.807) is 0 Å². The summed E-state index contributed by atoms with van der Waals surface area (Å²) in [5.41, 5.74) is 7.16. The zero-order valence-electron chi connectivity index (χ0n) is 12.8. The van der Waals surface area contributed by atoms with Gasteiger partial charge in [0.05, 0.1) is 6.04 Å². The average molecular weight is 277 g/mol. The summed E-state index contributed by atoms with van der Waals surface area (Å²) in [6, 6.07) is 9.90. The molecular formula is C16H27N3O. The number of nitrogens with zero attached hydrogens (tertiary/aromatic N) is 1. The van der Waals surface area contributed by atoms with Crippen molar-refractivity contribution in [2.24, 2.45) is 11.7 Å². The van der Waals surface area contributed by atoms with E-state index >= 15 is 0 Å². The van der Waals surface area contributed by atoms with Gasteiger partial charge in [-0.1, -0.05) is 50.6 Å². The second-order valence-corrected chi connectivity index (χ2v) is 5.43. The summed E-state index contributed by atoms with van der Waals surface area (Å²) in [6.07, 6.45) is 0.919. The Kier molecular flexibility index (Phi) is 7.26. The van der Waals surface area contributed by atoms with E-state index < -0.39 is 6.04 Å². The predicted octanol–water partition coefficient (Wildman–Crippen LogP) is 1.61. The summed E-state index contributed by atoms with van der Waals surface area (Å²) >= 11 is 0. The highest BCUT2D eigenvalue weighted by molar-refractivity contribution is 5.81. The zero-order chi connectivity index (χ0) is 15.0. The molecule has 112 valence electrons. The number of carbonyl (C=O) groups is 1. The van der Waals surface area contributed by atoms with Crippen LogP contribution in [-0.2, 0) is 11.3 Å². The summed E-state index contributed by atoms with van der Waals surface area (Å²) in [5.74, 6) is 0.171. The van der Waals surface area contributed by atoms with E-state index in [0.29, 0.717) is 6.54 Å². The molecule has 0 bridgehead atoms. The van der Waals surface area contributed by atoms with E-state index in [4.69, 9.17) is 5.73 Å². The van der Waals surface area contributed by atoms with Crippen LogP contribution in [0.4, 0.5) is 0 Å². The van der Waals surface area contributed by atoms with Gasteiger partial charge in [0, 0.05) is 19.6 Å². The first-order valence-electron chi connectivity index (χ1n) is 7.30. The molecule has 0 aliphatic rings. The topological polar surface area (TPSA) is 58.4 Å². The number of nitrogens with one attached hydrogen (secondary N) is 1. The fourth-order valence-corrected chi connectivity index (χ4v) is 1.97. The van der Waals surface area contributed by atoms with Crippen LogP contribution in [-0.4, -0.2) is 37.0 Å². The zero-order valence-corrected chi connectivity index (χ0v) is 12.8. The maximum Gasteiger partial charge on any atom is 0.237 e. The van der Waals surface area contributed by atoms with E-state index in [0.717, 1.165) is 19.5 Å². The van der Waals surface area contributed by atoms with Crippen LogP contribution in [0.5, 0.6) is 0 Å². The van der Waals surface area contributed by atoms with Crippen LogP contribution in [0.25, 0.3) is 0 Å². The summed E-state index contributed by atoms with van der Waals surface area (Å²) in [4.78, 5) is 14.0. The van der Waals surface area contributed by atoms with Crippen molar-refractivity contribution in [1.29, 1.82) is 0 Å². The van der Waals surface area contributed by atoms with Crippen molar-refractivity contribution < 1.29 is 4.79 Å². The molecule has 20 heavy (non-hydrogen) atoms. The van der Waals surface area contributed by atoms with Crippen molar-refractivity contribution in [2.45, 2.75) is 32.9 Å². The van der Waals surface area contributed by atoms with E-state index in [1.807, 2.05) is 39.1 Å². The molecule has 4 heteroatoms. The lowest BCUT2D eigenvalue weighted by molar-refractivity contribution is -0.123. The Morgan fingerprint density at radius 1 is 1.35 bits per heavy atom. The van der Waals surface area contributed by atoms with Gasteiger partial charge in [0.2, 0.25) is 5.91 Å². The van der Waals surface area contributed by atoms with Crippen LogP contribution in [0.3, 0.4) is 0 Å². The fourth-order valence-electron chi connectivity index (χ4n) is 1.97. The molecule has 0 spiro atoms. The van der Waals surface area contributed by atoms with Gasteiger partial charge in [-0.05, 0) is 18.5 Å². The van der Waals surface area contributed by atoms with Crippen molar-refractivity contribution in [2.75, 3.05) is 20.1 Å². The van der Waals surface area contributed by atoms with Gasteiger partial charge in [0.25, 0.3) is 0 Å². The van der Waals surface area contributed by atoms with Crippen molar-refractivity contribution in [1.82, 2.24) is 10.2 Å². The first-order chi connectivity index (χ1) is 9.54. The van der Waals surface area contributed by atoms with Crippen LogP contribution in [0.15, 0.2) is 30.3 Å². The number of carbonyl (C=O) groups excluding carboxylic acids is 1. The lowest BCUT2D eigenvalue weighted by Crippen LogP contribution is -2.46. The molecule has 1 amide bonds. The van der Waals surface area contributed by atoms with E-state index in [9.17, 15) is 4.79 Å². The third-order valence-electron chi connectivity index (χ3n) is 3.65. The monoisotopic (exact) mass is 277 g/mol. The Bertz CT molecular complexity index is 394. The standard InChI is InChI=1S/C16H27N3O/c1-4-13(2)15(17)16(20)18-10-11-19(3)12-14-8-6-5-7-9-14/h5-9,13,15H,4,10-12,17H2,1-3H3,(H,18,20). The highest BCUT2D eigenvalue weighted by atomic mass is 16.2. The maximum absolute atomic E-state index is 11.8. The number of likely N-dealkylation sites (N-methyl/N-ethyl adjacent to an activating group) is 1. The minimum Gasteiger partial charge on any atom is -0.353 e. The van der Waals surface area contributed by atoms with Crippen molar-refractivity contribution in [3.05, 3.63) is 35.9 Å². The molecule has 0 aliphatic heterocycles. The number of rotatable bonds is 8. The Morgan fingerprint density at radius 2 is 2.00 bits per heavy atom. The number of amides is 1. The SMILES string of the molecule is CCC(C)C(N)C(=O)NCCN(C)Cc1ccccc1. The summed E-state index contributed by atoms with van der Waals surface area (Å²) in [7, 11) is 2.05. The molecule has 0 fully saturated rings. The van der Waals surface area contributed by atoms with Crippen LogP contribution in [0.2, 0.25) is 0 Å². The maximum atomic E-state index is 11.8. The summed E-state index contributed by atoms with van der Waals surface area (Å²) in [6.45, 7) is 6.38. The predicted molar refractivity (Wildman–Crippen MR) is 83.2 cm³/mol. The van der Waals surface area contributed by atoms with E-state index in [-0.39, 0.29) is 11.8 Å². The normalized spacial score (nSPS) is 14.1. The lowest BCUT2D eigenvalue weighted by atomic mass is 9.99. The molecule has 2 unspecified atom stereocenters. The van der Waals surface area contributed by atoms with E-state index in [1.165, 1.54) is 5.56 Å². The molecule has 0 aromatic heterocycles. The molecule has 0 heterocycles. The molecule has 3 N–H and O–H groups in total. The second-order valence-electron chi connectivity index (χ2n) is 5.43. The summed E-state index contributed by atoms with van der Waals surface area (Å²) < 4.78 is 0. The first kappa shape index (κ1) is 16.7. The largest absolute Gasteiger partial charge is 0.353 e. The minimum atomic E-state index is -0.403. The molecular weight excluding hydrogens is 250 g/mol. The number of hydrogen-bond acceptors (Lipinski definition) is 3. The molecule has 1 rings (SSSR count). The van der Waals surface area contributed by atoms with Crippen molar-refractivity contribution in [3.8, 4) is 0 Å². The van der Waals surface area contributed by atoms with Gasteiger partial charge in [-0.3, -0.25) is 4.79 Å². The Labute approximate surface area is 122 Å². The third-order valence-corrected chi connectivity index (χ3v) is 3.65. The van der Waals surface area contributed by atoms with Gasteiger partial charge in [-0.25, -0.2) is 0 Å². The highest BCUT2D eigenvalue weighted by Crippen LogP contribution is 2.05. The van der Waals surface area contributed by atoms with Gasteiger partial charge < -0.3 is 16.0 Å². The van der Waals surface area contributed by atoms with Crippen molar-refractivity contribution >= 4 is 5.91 Å². The molecule has 0 saturated heterocycles. The van der Waals surface area contributed by atoms with Gasteiger partial charge in [0.15, 0.2) is 0 Å². The van der Waals surface area contributed by atoms with Crippen molar-refractivity contribution in [3.63, 3.8) is 0 Å².